The first-order valence-electron chi connectivity index (χ1n) is 5.37. The van der Waals surface area contributed by atoms with E-state index in [1.807, 2.05) is 44.8 Å². The highest BCUT2D eigenvalue weighted by molar-refractivity contribution is 7.80. The molecule has 0 fully saturated rings. The molecule has 0 aromatic heterocycles. The van der Waals surface area contributed by atoms with E-state index in [2.05, 4.69) is 4.18 Å². The molecular weight excluding hydrogens is 286 g/mol. The van der Waals surface area contributed by atoms with Crippen LogP contribution in [0.2, 0.25) is 0 Å². The second-order valence-corrected chi connectivity index (χ2v) is 4.26. The van der Waals surface area contributed by atoms with Crippen molar-refractivity contribution in [2.45, 2.75) is 20.3 Å². The maximum Gasteiger partial charge on any atom is 0.397 e. The van der Waals surface area contributed by atoms with Gasteiger partial charge in [0.1, 0.15) is 13.6 Å². The molecule has 8 heteroatoms. The standard InChI is InChI=1S/C7H9N.C3H8O4S.2CH2O/c1-6-3-2-4-7(8)5-6;1-2-3-7-8(4,5)6;2*1-2/h2-5H,8H2,1H3;2-3H2,1H3,(H,4,5,6);2*1H2. The van der Waals surface area contributed by atoms with E-state index in [0.29, 0.717) is 6.42 Å². The number of hydrogen-bond acceptors (Lipinski definition) is 6. The molecule has 0 atom stereocenters. The Balaban J connectivity index is -0.000000231. The molecule has 0 saturated heterocycles. The average Bonchev–Trinajstić information content (AvgIpc) is 2.41. The summed E-state index contributed by atoms with van der Waals surface area (Å²) in [6.07, 6.45) is 0.569. The molecule has 0 heterocycles. The minimum absolute atomic E-state index is 0.0405. The molecule has 0 bridgehead atoms. The summed E-state index contributed by atoms with van der Waals surface area (Å²) in [6, 6.07) is 7.80. The first-order valence-corrected chi connectivity index (χ1v) is 6.73. The number of nitrogens with two attached hydrogens (primary N) is 1. The molecule has 0 aliphatic carbocycles. The Hall–Kier alpha value is -1.77. The van der Waals surface area contributed by atoms with Gasteiger partial charge in [-0.25, -0.2) is 4.18 Å². The van der Waals surface area contributed by atoms with Crippen LogP contribution < -0.4 is 5.73 Å². The molecule has 20 heavy (non-hydrogen) atoms. The summed E-state index contributed by atoms with van der Waals surface area (Å²) < 4.78 is 31.3. The van der Waals surface area contributed by atoms with Crippen LogP contribution in [0.1, 0.15) is 18.9 Å². The fraction of sp³-hybridized carbons (Fsp3) is 0.333. The van der Waals surface area contributed by atoms with Crippen molar-refractivity contribution in [3.05, 3.63) is 29.8 Å². The second kappa shape index (κ2) is 15.3. The zero-order valence-electron chi connectivity index (χ0n) is 11.6. The zero-order valence-corrected chi connectivity index (χ0v) is 12.4. The van der Waals surface area contributed by atoms with Crippen LogP contribution in [-0.4, -0.2) is 33.2 Å². The third-order valence-corrected chi connectivity index (χ3v) is 1.94. The minimum atomic E-state index is -4.19. The summed E-state index contributed by atoms with van der Waals surface area (Å²) in [5, 5.41) is 0. The fourth-order valence-corrected chi connectivity index (χ4v) is 1.24. The summed E-state index contributed by atoms with van der Waals surface area (Å²) >= 11 is 0. The largest absolute Gasteiger partial charge is 0.399 e. The lowest BCUT2D eigenvalue weighted by molar-refractivity contribution is -0.0987. The SMILES string of the molecule is C=O.C=O.CCCOS(=O)(=O)O.Cc1cccc(N)c1. The van der Waals surface area contributed by atoms with Gasteiger partial charge in [0, 0.05) is 5.69 Å². The van der Waals surface area contributed by atoms with Gasteiger partial charge in [-0.05, 0) is 31.0 Å². The van der Waals surface area contributed by atoms with Crippen molar-refractivity contribution in [3.63, 3.8) is 0 Å². The van der Waals surface area contributed by atoms with Gasteiger partial charge in [-0.1, -0.05) is 19.1 Å². The van der Waals surface area contributed by atoms with Gasteiger partial charge in [-0.2, -0.15) is 8.42 Å². The Kier molecular flexibility index (Phi) is 17.8. The molecule has 116 valence electrons. The van der Waals surface area contributed by atoms with Crippen LogP contribution in [0.4, 0.5) is 5.69 Å². The van der Waals surface area contributed by atoms with Gasteiger partial charge in [0.25, 0.3) is 0 Å². The molecule has 0 unspecified atom stereocenters. The number of aryl methyl sites for hydroxylation is 1. The highest BCUT2D eigenvalue weighted by atomic mass is 32.3. The van der Waals surface area contributed by atoms with E-state index in [1.54, 1.807) is 6.92 Å². The first-order chi connectivity index (χ1) is 9.35. The highest BCUT2D eigenvalue weighted by Gasteiger charge is 1.99. The van der Waals surface area contributed by atoms with E-state index in [0.717, 1.165) is 5.69 Å². The number of anilines is 1. The number of nitrogen functional groups attached to an aromatic ring is 1. The van der Waals surface area contributed by atoms with Crippen LogP contribution in [0.3, 0.4) is 0 Å². The lowest BCUT2D eigenvalue weighted by Gasteiger charge is -1.92. The number of carbonyl (C=O) groups is 2. The van der Waals surface area contributed by atoms with Gasteiger partial charge in [-0.3, -0.25) is 4.55 Å². The normalized spacial score (nSPS) is 8.75. The van der Waals surface area contributed by atoms with E-state index in [-0.39, 0.29) is 6.61 Å². The predicted octanol–water partition coefficient (Wildman–Crippen LogP) is 1.42. The summed E-state index contributed by atoms with van der Waals surface area (Å²) in [5.41, 5.74) is 7.51. The Bertz CT molecular complexity index is 416. The molecule has 7 nitrogen and oxygen atoms in total. The van der Waals surface area contributed by atoms with Crippen LogP contribution in [0.5, 0.6) is 0 Å². The van der Waals surface area contributed by atoms with E-state index in [1.165, 1.54) is 5.56 Å². The zero-order chi connectivity index (χ0) is 16.6. The molecule has 0 radical (unpaired) electrons. The Labute approximate surface area is 119 Å². The van der Waals surface area contributed by atoms with Crippen molar-refractivity contribution in [3.8, 4) is 0 Å². The van der Waals surface area contributed by atoms with Crippen molar-refractivity contribution in [2.24, 2.45) is 0 Å². The molecule has 0 aliphatic heterocycles. The molecule has 1 aromatic carbocycles. The molecule has 0 amide bonds. The van der Waals surface area contributed by atoms with Gasteiger partial charge >= 0.3 is 10.4 Å². The van der Waals surface area contributed by atoms with Crippen LogP contribution in [0.15, 0.2) is 24.3 Å². The average molecular weight is 307 g/mol. The number of carbonyl (C=O) groups excluding carboxylic acids is 2. The third kappa shape index (κ3) is 21.5. The van der Waals surface area contributed by atoms with E-state index >= 15 is 0 Å². The van der Waals surface area contributed by atoms with Crippen molar-refractivity contribution in [1.29, 1.82) is 0 Å². The Morgan fingerprint density at radius 2 is 1.75 bits per heavy atom. The van der Waals surface area contributed by atoms with Crippen LogP contribution in [-0.2, 0) is 24.2 Å². The molecule has 3 N–H and O–H groups in total. The van der Waals surface area contributed by atoms with Gasteiger partial charge in [0.05, 0.1) is 6.61 Å². The first kappa shape index (κ1) is 23.3. The lowest BCUT2D eigenvalue weighted by atomic mass is 10.2. The maximum atomic E-state index is 9.72. The van der Waals surface area contributed by atoms with Crippen LogP contribution in [0.25, 0.3) is 0 Å². The molecule has 0 aliphatic rings. The molecule has 0 saturated carbocycles. The van der Waals surface area contributed by atoms with Crippen molar-refractivity contribution in [1.82, 2.24) is 0 Å². The van der Waals surface area contributed by atoms with Crippen molar-refractivity contribution >= 4 is 29.7 Å². The molecule has 0 spiro atoms. The quantitative estimate of drug-likeness (QED) is 0.639. The highest BCUT2D eigenvalue weighted by Crippen LogP contribution is 2.03. The molecule has 1 aromatic rings. The van der Waals surface area contributed by atoms with E-state index in [9.17, 15) is 8.42 Å². The fourth-order valence-electron chi connectivity index (χ4n) is 0.859. The third-order valence-electron chi connectivity index (χ3n) is 1.48. The maximum absolute atomic E-state index is 9.72. The predicted molar refractivity (Wildman–Crippen MR) is 77.6 cm³/mol. The number of hydrogen-bond donors (Lipinski definition) is 2. The van der Waals surface area contributed by atoms with Gasteiger partial charge in [-0.15, -0.1) is 0 Å². The van der Waals surface area contributed by atoms with Crippen molar-refractivity contribution < 1.29 is 26.7 Å². The van der Waals surface area contributed by atoms with E-state index < -0.39 is 10.4 Å². The topological polar surface area (TPSA) is 124 Å². The number of rotatable bonds is 3. The number of benzene rings is 1. The smallest absolute Gasteiger partial charge is 0.397 e. The second-order valence-electron chi connectivity index (χ2n) is 3.16. The van der Waals surface area contributed by atoms with Crippen LogP contribution in [0, 0.1) is 6.92 Å². The monoisotopic (exact) mass is 307 g/mol. The summed E-state index contributed by atoms with van der Waals surface area (Å²) in [6.45, 7) is 7.81. The summed E-state index contributed by atoms with van der Waals surface area (Å²) in [7, 11) is -4.19. The van der Waals surface area contributed by atoms with Gasteiger partial charge in [0.2, 0.25) is 0 Å². The minimum Gasteiger partial charge on any atom is -0.399 e. The Morgan fingerprint density at radius 1 is 1.25 bits per heavy atom. The summed E-state index contributed by atoms with van der Waals surface area (Å²) in [5.74, 6) is 0. The Morgan fingerprint density at radius 3 is 1.95 bits per heavy atom. The van der Waals surface area contributed by atoms with E-state index in [4.69, 9.17) is 19.9 Å². The molecular formula is C12H21NO6S. The summed E-state index contributed by atoms with van der Waals surface area (Å²) in [4.78, 5) is 16.0. The van der Waals surface area contributed by atoms with Crippen LogP contribution >= 0.6 is 0 Å². The van der Waals surface area contributed by atoms with Gasteiger partial charge in [0.15, 0.2) is 0 Å². The molecule has 1 rings (SSSR count). The van der Waals surface area contributed by atoms with Crippen molar-refractivity contribution in [2.75, 3.05) is 12.3 Å². The van der Waals surface area contributed by atoms with Gasteiger partial charge < -0.3 is 15.3 Å². The lowest BCUT2D eigenvalue weighted by Crippen LogP contribution is -2.03.